The van der Waals surface area contributed by atoms with Crippen LogP contribution in [0.5, 0.6) is 0 Å². The largest absolute Gasteiger partial charge is 0.394 e. The zero-order valence-electron chi connectivity index (χ0n) is 11.5. The number of nitrogens with one attached hydrogen (secondary N) is 1. The summed E-state index contributed by atoms with van der Waals surface area (Å²) in [6.45, 7) is 2.60. The minimum atomic E-state index is -0.0753. The maximum atomic E-state index is 12.1. The van der Waals surface area contributed by atoms with E-state index in [1.54, 1.807) is 0 Å². The van der Waals surface area contributed by atoms with Crippen molar-refractivity contribution < 1.29 is 5.11 Å². The number of hydrogen-bond acceptors (Lipinski definition) is 4. The summed E-state index contributed by atoms with van der Waals surface area (Å²) in [6.07, 6.45) is 0. The van der Waals surface area contributed by atoms with E-state index in [-0.39, 0.29) is 18.2 Å². The molecule has 1 saturated heterocycles. The number of aromatic nitrogens is 1. The van der Waals surface area contributed by atoms with Gasteiger partial charge < -0.3 is 19.9 Å². The number of aliphatic hydroxyl groups excluding tert-OH is 1. The number of pyridine rings is 1. The van der Waals surface area contributed by atoms with E-state index in [9.17, 15) is 9.90 Å². The Labute approximate surface area is 117 Å². The predicted molar refractivity (Wildman–Crippen MR) is 80.3 cm³/mol. The Morgan fingerprint density at radius 3 is 2.95 bits per heavy atom. The van der Waals surface area contributed by atoms with Crippen molar-refractivity contribution in [2.45, 2.75) is 6.04 Å². The van der Waals surface area contributed by atoms with Crippen molar-refractivity contribution in [3.63, 3.8) is 0 Å². The lowest BCUT2D eigenvalue weighted by Crippen LogP contribution is -2.54. The highest BCUT2D eigenvalue weighted by atomic mass is 16.3. The first kappa shape index (κ1) is 13.1. The average molecular weight is 273 g/mol. The fourth-order valence-electron chi connectivity index (χ4n) is 2.84. The topological polar surface area (TPSA) is 59.6 Å². The highest BCUT2D eigenvalue weighted by Crippen LogP contribution is 2.20. The van der Waals surface area contributed by atoms with Gasteiger partial charge in [-0.2, -0.15) is 0 Å². The van der Waals surface area contributed by atoms with Crippen LogP contribution in [0.3, 0.4) is 0 Å². The van der Waals surface area contributed by atoms with Crippen molar-refractivity contribution in [1.82, 2.24) is 9.88 Å². The molecule has 106 valence electrons. The number of anilines is 1. The van der Waals surface area contributed by atoms with Crippen LogP contribution in [0.4, 0.5) is 5.82 Å². The summed E-state index contributed by atoms with van der Waals surface area (Å²) in [5.41, 5.74) is -0.0753. The first-order chi connectivity index (χ1) is 9.69. The monoisotopic (exact) mass is 273 g/mol. The number of piperazine rings is 1. The SMILES string of the molecule is CN1CCN(c2cc3ccccc3c(=O)[nH]2)C(CO)C1. The molecule has 1 aromatic carbocycles. The van der Waals surface area contributed by atoms with Crippen molar-refractivity contribution in [2.24, 2.45) is 0 Å². The maximum absolute atomic E-state index is 12.1. The molecule has 1 atom stereocenters. The number of benzene rings is 1. The van der Waals surface area contributed by atoms with E-state index >= 15 is 0 Å². The van der Waals surface area contributed by atoms with Gasteiger partial charge in [0.05, 0.1) is 12.6 Å². The second-order valence-corrected chi connectivity index (χ2v) is 5.36. The highest BCUT2D eigenvalue weighted by molar-refractivity contribution is 5.83. The van der Waals surface area contributed by atoms with Crippen LogP contribution in [-0.4, -0.2) is 54.3 Å². The van der Waals surface area contributed by atoms with Crippen molar-refractivity contribution >= 4 is 16.6 Å². The lowest BCUT2D eigenvalue weighted by Gasteiger charge is -2.40. The highest BCUT2D eigenvalue weighted by Gasteiger charge is 2.25. The average Bonchev–Trinajstić information content (AvgIpc) is 2.47. The normalized spacial score (nSPS) is 20.5. The third kappa shape index (κ3) is 2.30. The first-order valence-electron chi connectivity index (χ1n) is 6.87. The number of likely N-dealkylation sites (N-methyl/N-ethyl adjacent to an activating group) is 1. The van der Waals surface area contributed by atoms with Gasteiger partial charge in [0.25, 0.3) is 5.56 Å². The minimum absolute atomic E-state index is 0.0190. The Hall–Kier alpha value is -1.85. The van der Waals surface area contributed by atoms with Crippen LogP contribution in [0.15, 0.2) is 35.1 Å². The Morgan fingerprint density at radius 2 is 2.15 bits per heavy atom. The Balaban J connectivity index is 2.03. The van der Waals surface area contributed by atoms with Crippen LogP contribution in [-0.2, 0) is 0 Å². The summed E-state index contributed by atoms with van der Waals surface area (Å²) in [5.74, 6) is 0.792. The minimum Gasteiger partial charge on any atom is -0.394 e. The lowest BCUT2D eigenvalue weighted by atomic mass is 10.1. The Bertz CT molecular complexity index is 667. The molecule has 20 heavy (non-hydrogen) atoms. The predicted octanol–water partition coefficient (Wildman–Crippen LogP) is 0.641. The van der Waals surface area contributed by atoms with E-state index in [1.807, 2.05) is 37.4 Å². The van der Waals surface area contributed by atoms with E-state index < -0.39 is 0 Å². The fraction of sp³-hybridized carbons (Fsp3) is 0.400. The molecule has 2 heterocycles. The zero-order valence-corrected chi connectivity index (χ0v) is 11.5. The van der Waals surface area contributed by atoms with Gasteiger partial charge in [-0.1, -0.05) is 18.2 Å². The van der Waals surface area contributed by atoms with Crippen LogP contribution < -0.4 is 10.5 Å². The smallest absolute Gasteiger partial charge is 0.257 e. The summed E-state index contributed by atoms with van der Waals surface area (Å²) in [5, 5.41) is 11.2. The Morgan fingerprint density at radius 1 is 1.35 bits per heavy atom. The molecule has 5 heteroatoms. The summed E-state index contributed by atoms with van der Waals surface area (Å²) >= 11 is 0. The molecule has 0 amide bonds. The van der Waals surface area contributed by atoms with Crippen LogP contribution in [0.1, 0.15) is 0 Å². The third-order valence-electron chi connectivity index (χ3n) is 3.95. The van der Waals surface area contributed by atoms with E-state index in [0.29, 0.717) is 5.39 Å². The zero-order chi connectivity index (χ0) is 14.1. The van der Waals surface area contributed by atoms with Crippen molar-refractivity contribution in [1.29, 1.82) is 0 Å². The van der Waals surface area contributed by atoms with Gasteiger partial charge in [0.1, 0.15) is 5.82 Å². The van der Waals surface area contributed by atoms with Gasteiger partial charge in [-0.25, -0.2) is 0 Å². The van der Waals surface area contributed by atoms with Crippen LogP contribution in [0.25, 0.3) is 10.8 Å². The van der Waals surface area contributed by atoms with Gasteiger partial charge in [0.2, 0.25) is 0 Å². The van der Waals surface area contributed by atoms with E-state index in [0.717, 1.165) is 30.8 Å². The van der Waals surface area contributed by atoms with E-state index in [2.05, 4.69) is 14.8 Å². The summed E-state index contributed by atoms with van der Waals surface area (Å²) in [6, 6.07) is 9.57. The summed E-state index contributed by atoms with van der Waals surface area (Å²) < 4.78 is 0. The summed E-state index contributed by atoms with van der Waals surface area (Å²) in [7, 11) is 2.04. The molecule has 1 aliphatic heterocycles. The molecule has 1 fully saturated rings. The van der Waals surface area contributed by atoms with Gasteiger partial charge in [0.15, 0.2) is 0 Å². The lowest BCUT2D eigenvalue weighted by molar-refractivity contribution is 0.190. The molecule has 1 unspecified atom stereocenters. The molecule has 2 N–H and O–H groups in total. The van der Waals surface area contributed by atoms with E-state index in [1.165, 1.54) is 0 Å². The fourth-order valence-corrected chi connectivity index (χ4v) is 2.84. The van der Waals surface area contributed by atoms with Crippen molar-refractivity contribution in [2.75, 3.05) is 38.2 Å². The molecular weight excluding hydrogens is 254 g/mol. The van der Waals surface area contributed by atoms with Crippen molar-refractivity contribution in [3.05, 3.63) is 40.7 Å². The molecule has 0 spiro atoms. The molecule has 0 saturated carbocycles. The molecule has 0 aliphatic carbocycles. The molecule has 0 radical (unpaired) electrons. The molecule has 1 aliphatic rings. The molecule has 1 aromatic heterocycles. The number of nitrogens with zero attached hydrogens (tertiary/aromatic N) is 2. The number of hydrogen-bond donors (Lipinski definition) is 2. The van der Waals surface area contributed by atoms with Crippen molar-refractivity contribution in [3.8, 4) is 0 Å². The first-order valence-corrected chi connectivity index (χ1v) is 6.87. The second-order valence-electron chi connectivity index (χ2n) is 5.36. The van der Waals surface area contributed by atoms with Gasteiger partial charge in [-0.15, -0.1) is 0 Å². The second kappa shape index (κ2) is 5.26. The van der Waals surface area contributed by atoms with Gasteiger partial charge in [-0.3, -0.25) is 4.79 Å². The van der Waals surface area contributed by atoms with Crippen LogP contribution in [0.2, 0.25) is 0 Å². The molecule has 0 bridgehead atoms. The quantitative estimate of drug-likeness (QED) is 0.843. The van der Waals surface area contributed by atoms with Gasteiger partial charge in [0, 0.05) is 25.0 Å². The molecule has 5 nitrogen and oxygen atoms in total. The number of aromatic amines is 1. The Kier molecular flexibility index (Phi) is 3.46. The van der Waals surface area contributed by atoms with Gasteiger partial charge >= 0.3 is 0 Å². The number of rotatable bonds is 2. The van der Waals surface area contributed by atoms with Crippen LogP contribution >= 0.6 is 0 Å². The third-order valence-corrected chi connectivity index (χ3v) is 3.95. The molecule has 2 aromatic rings. The standard InChI is InChI=1S/C15H19N3O2/c1-17-6-7-18(12(9-17)10-19)14-8-11-4-2-3-5-13(11)15(20)16-14/h2-5,8,12,19H,6-7,9-10H2,1H3,(H,16,20). The van der Waals surface area contributed by atoms with E-state index in [4.69, 9.17) is 0 Å². The van der Waals surface area contributed by atoms with Gasteiger partial charge in [-0.05, 0) is 24.6 Å². The molecular formula is C15H19N3O2. The molecule has 3 rings (SSSR count). The van der Waals surface area contributed by atoms with Crippen LogP contribution in [0, 0.1) is 0 Å². The maximum Gasteiger partial charge on any atom is 0.257 e. The summed E-state index contributed by atoms with van der Waals surface area (Å²) in [4.78, 5) is 19.4. The number of fused-ring (bicyclic) bond motifs is 1. The number of aliphatic hydroxyl groups is 1. The number of H-pyrrole nitrogens is 1.